The van der Waals surface area contributed by atoms with Gasteiger partial charge in [0, 0.05) is 12.4 Å². The molecule has 1 aromatic rings. The standard InChI is InChI=1S/C26H35NO/c1-25-14-12-24-22(9-7-20-16-21(28)11-13-26(20,24)2)23(25)10-8-19(25)6-5-18-4-3-15-27-17-18/h3-4,7-8,15,17,21-24,28H,5-6,9-14,16H2,1-2H3/t21?,22-,23-,24-,25+,26-/m0/s1. The first-order valence-corrected chi connectivity index (χ1v) is 11.5. The van der Waals surface area contributed by atoms with E-state index in [0.717, 1.165) is 37.0 Å². The summed E-state index contributed by atoms with van der Waals surface area (Å²) in [5.74, 6) is 2.47. The third kappa shape index (κ3) is 2.83. The number of pyridine rings is 1. The van der Waals surface area contributed by atoms with Crippen molar-refractivity contribution in [1.29, 1.82) is 0 Å². The Balaban J connectivity index is 1.35. The molecule has 6 atom stereocenters. The number of nitrogens with zero attached hydrogens (tertiary/aromatic N) is 1. The van der Waals surface area contributed by atoms with Crippen molar-refractivity contribution in [1.82, 2.24) is 4.98 Å². The summed E-state index contributed by atoms with van der Waals surface area (Å²) in [5, 5.41) is 10.2. The highest BCUT2D eigenvalue weighted by atomic mass is 16.3. The highest BCUT2D eigenvalue weighted by molar-refractivity contribution is 5.30. The molecule has 1 N–H and O–H groups in total. The molecule has 0 bridgehead atoms. The van der Waals surface area contributed by atoms with Crippen LogP contribution in [0.5, 0.6) is 0 Å². The number of aliphatic hydroxyl groups excluding tert-OH is 1. The van der Waals surface area contributed by atoms with Crippen LogP contribution in [0.1, 0.15) is 70.8 Å². The second-order valence-corrected chi connectivity index (χ2v) is 10.4. The zero-order valence-electron chi connectivity index (χ0n) is 17.5. The van der Waals surface area contributed by atoms with Crippen molar-refractivity contribution >= 4 is 0 Å². The SMILES string of the molecule is C[C@]12CCC(O)CC1=CC[C@@H]1[C@@H]2CC[C@]2(C)C(CCc3cccnc3)=CC[C@@H]12. The number of aromatic nitrogens is 1. The highest BCUT2D eigenvalue weighted by Gasteiger charge is 2.56. The van der Waals surface area contributed by atoms with E-state index in [2.05, 4.69) is 43.1 Å². The summed E-state index contributed by atoms with van der Waals surface area (Å²) in [6.07, 6.45) is 19.6. The van der Waals surface area contributed by atoms with E-state index in [4.69, 9.17) is 0 Å². The maximum atomic E-state index is 10.2. The van der Waals surface area contributed by atoms with E-state index in [-0.39, 0.29) is 6.10 Å². The summed E-state index contributed by atoms with van der Waals surface area (Å²) in [7, 11) is 0. The molecule has 2 heteroatoms. The summed E-state index contributed by atoms with van der Waals surface area (Å²) >= 11 is 0. The maximum absolute atomic E-state index is 10.2. The Hall–Kier alpha value is -1.41. The van der Waals surface area contributed by atoms with Gasteiger partial charge in [0.2, 0.25) is 0 Å². The first kappa shape index (κ1) is 18.6. The molecule has 150 valence electrons. The van der Waals surface area contributed by atoms with Gasteiger partial charge in [0.15, 0.2) is 0 Å². The van der Waals surface area contributed by atoms with E-state index in [9.17, 15) is 5.11 Å². The molecule has 28 heavy (non-hydrogen) atoms. The molecule has 4 aliphatic carbocycles. The fraction of sp³-hybridized carbons (Fsp3) is 0.654. The monoisotopic (exact) mass is 377 g/mol. The first-order valence-electron chi connectivity index (χ1n) is 11.5. The van der Waals surface area contributed by atoms with Gasteiger partial charge in [-0.3, -0.25) is 4.98 Å². The Morgan fingerprint density at radius 3 is 2.71 bits per heavy atom. The van der Waals surface area contributed by atoms with Crippen molar-refractivity contribution in [2.45, 2.75) is 77.7 Å². The molecule has 0 radical (unpaired) electrons. The van der Waals surface area contributed by atoms with Crippen LogP contribution in [0.4, 0.5) is 0 Å². The summed E-state index contributed by atoms with van der Waals surface area (Å²) in [5.41, 5.74) is 5.42. The van der Waals surface area contributed by atoms with Gasteiger partial charge in [0.25, 0.3) is 0 Å². The minimum Gasteiger partial charge on any atom is -0.393 e. The highest BCUT2D eigenvalue weighted by Crippen LogP contribution is 2.65. The van der Waals surface area contributed by atoms with E-state index in [1.165, 1.54) is 44.1 Å². The predicted molar refractivity (Wildman–Crippen MR) is 114 cm³/mol. The van der Waals surface area contributed by atoms with Gasteiger partial charge in [-0.05, 0) is 98.0 Å². The normalized spacial score (nSPS) is 42.1. The van der Waals surface area contributed by atoms with Gasteiger partial charge in [0.1, 0.15) is 0 Å². The van der Waals surface area contributed by atoms with Gasteiger partial charge in [-0.15, -0.1) is 0 Å². The van der Waals surface area contributed by atoms with E-state index >= 15 is 0 Å². The molecule has 0 aliphatic heterocycles. The molecule has 0 aromatic carbocycles. The molecule has 5 rings (SSSR count). The molecule has 2 nitrogen and oxygen atoms in total. The summed E-state index contributed by atoms with van der Waals surface area (Å²) in [6.45, 7) is 5.10. The average molecular weight is 378 g/mol. The van der Waals surface area contributed by atoms with Crippen LogP contribution in [-0.2, 0) is 6.42 Å². The Morgan fingerprint density at radius 1 is 1.04 bits per heavy atom. The molecular formula is C26H35NO. The largest absolute Gasteiger partial charge is 0.393 e. The lowest BCUT2D eigenvalue weighted by molar-refractivity contribution is -0.0300. The summed E-state index contributed by atoms with van der Waals surface area (Å²) in [6, 6.07) is 4.27. The average Bonchev–Trinajstić information content (AvgIpc) is 3.04. The molecule has 2 fully saturated rings. The topological polar surface area (TPSA) is 33.1 Å². The van der Waals surface area contributed by atoms with Gasteiger partial charge in [-0.1, -0.05) is 43.2 Å². The smallest absolute Gasteiger partial charge is 0.0577 e. The predicted octanol–water partition coefficient (Wildman–Crippen LogP) is 5.87. The lowest BCUT2D eigenvalue weighted by Crippen LogP contribution is -2.50. The quantitative estimate of drug-likeness (QED) is 0.668. The van der Waals surface area contributed by atoms with E-state index in [1.807, 2.05) is 12.4 Å². The number of aliphatic hydroxyl groups is 1. The molecular weight excluding hydrogens is 342 g/mol. The molecule has 1 unspecified atom stereocenters. The van der Waals surface area contributed by atoms with Gasteiger partial charge >= 0.3 is 0 Å². The molecule has 0 amide bonds. The van der Waals surface area contributed by atoms with E-state index < -0.39 is 0 Å². The van der Waals surface area contributed by atoms with Crippen molar-refractivity contribution in [3.8, 4) is 0 Å². The zero-order valence-corrected chi connectivity index (χ0v) is 17.5. The van der Waals surface area contributed by atoms with Crippen LogP contribution < -0.4 is 0 Å². The van der Waals surface area contributed by atoms with Crippen molar-refractivity contribution < 1.29 is 5.11 Å². The number of hydrogen-bond donors (Lipinski definition) is 1. The van der Waals surface area contributed by atoms with Crippen LogP contribution in [0.15, 0.2) is 47.8 Å². The van der Waals surface area contributed by atoms with E-state index in [0.29, 0.717) is 10.8 Å². The van der Waals surface area contributed by atoms with Gasteiger partial charge in [0.05, 0.1) is 6.10 Å². The Bertz CT molecular complexity index is 796. The van der Waals surface area contributed by atoms with Crippen LogP contribution in [0.3, 0.4) is 0 Å². The minimum absolute atomic E-state index is 0.100. The van der Waals surface area contributed by atoms with Crippen molar-refractivity contribution in [3.63, 3.8) is 0 Å². The zero-order chi connectivity index (χ0) is 19.4. The number of rotatable bonds is 3. The lowest BCUT2D eigenvalue weighted by atomic mass is 9.47. The number of aryl methyl sites for hydroxylation is 1. The van der Waals surface area contributed by atoms with Crippen LogP contribution >= 0.6 is 0 Å². The fourth-order valence-electron chi connectivity index (χ4n) is 7.51. The third-order valence-electron chi connectivity index (χ3n) is 9.23. The molecule has 0 spiro atoms. The van der Waals surface area contributed by atoms with Gasteiger partial charge in [-0.25, -0.2) is 0 Å². The van der Waals surface area contributed by atoms with Crippen LogP contribution in [0, 0.1) is 28.6 Å². The van der Waals surface area contributed by atoms with Crippen LogP contribution in [0.25, 0.3) is 0 Å². The molecule has 4 aliphatic rings. The van der Waals surface area contributed by atoms with Crippen molar-refractivity contribution in [2.75, 3.05) is 0 Å². The summed E-state index contributed by atoms with van der Waals surface area (Å²) in [4.78, 5) is 4.29. The van der Waals surface area contributed by atoms with Crippen molar-refractivity contribution in [3.05, 3.63) is 53.4 Å². The molecule has 2 saturated carbocycles. The van der Waals surface area contributed by atoms with Gasteiger partial charge in [-0.2, -0.15) is 0 Å². The van der Waals surface area contributed by atoms with Crippen molar-refractivity contribution in [2.24, 2.45) is 28.6 Å². The van der Waals surface area contributed by atoms with Crippen LogP contribution in [0.2, 0.25) is 0 Å². The lowest BCUT2D eigenvalue weighted by Gasteiger charge is -2.57. The molecule has 1 heterocycles. The Labute approximate surface area is 170 Å². The van der Waals surface area contributed by atoms with Crippen LogP contribution in [-0.4, -0.2) is 16.2 Å². The first-order chi connectivity index (χ1) is 13.5. The molecule has 0 saturated heterocycles. The third-order valence-corrected chi connectivity index (χ3v) is 9.23. The second kappa shape index (κ2) is 6.83. The maximum Gasteiger partial charge on any atom is 0.0577 e. The Kier molecular flexibility index (Phi) is 4.54. The fourth-order valence-corrected chi connectivity index (χ4v) is 7.51. The van der Waals surface area contributed by atoms with E-state index in [1.54, 1.807) is 11.1 Å². The Morgan fingerprint density at radius 2 is 1.89 bits per heavy atom. The van der Waals surface area contributed by atoms with Gasteiger partial charge < -0.3 is 5.11 Å². The minimum atomic E-state index is -0.100. The number of fused-ring (bicyclic) bond motifs is 5. The number of allylic oxidation sites excluding steroid dienone is 3. The summed E-state index contributed by atoms with van der Waals surface area (Å²) < 4.78 is 0. The molecule has 1 aromatic heterocycles. The second-order valence-electron chi connectivity index (χ2n) is 10.4. The number of hydrogen-bond acceptors (Lipinski definition) is 2.